The highest BCUT2D eigenvalue weighted by atomic mass is 16.3. The molecule has 6 nitrogen and oxygen atoms in total. The number of rotatable bonds is 2. The number of carbonyl (C=O) groups excluding carboxylic acids is 1. The van der Waals surface area contributed by atoms with Crippen molar-refractivity contribution in [3.8, 4) is 0 Å². The molecule has 1 N–H and O–H groups in total. The fourth-order valence-electron chi connectivity index (χ4n) is 3.31. The van der Waals surface area contributed by atoms with Gasteiger partial charge in [-0.05, 0) is 43.2 Å². The van der Waals surface area contributed by atoms with Crippen LogP contribution < -0.4 is 5.32 Å². The Bertz CT molecular complexity index is 922. The standard InChI is InChI=1S/C20H23N3O3/c1-20(2,3)18-22-14-12-13(8-9-16(14)26-18)21-19(24)23-10-4-6-15(23)17-7-5-11-25-17/h5,7-9,11-12,15H,4,6,10H2,1-3H3,(H,21,24)/t15-/m0/s1. The third-order valence-electron chi connectivity index (χ3n) is 4.67. The molecule has 1 aromatic carbocycles. The minimum absolute atomic E-state index is 0.00623. The topological polar surface area (TPSA) is 71.5 Å². The van der Waals surface area contributed by atoms with Crippen LogP contribution in [0.5, 0.6) is 0 Å². The van der Waals surface area contributed by atoms with E-state index in [2.05, 4.69) is 31.1 Å². The third kappa shape index (κ3) is 3.07. The Hall–Kier alpha value is -2.76. The van der Waals surface area contributed by atoms with Gasteiger partial charge >= 0.3 is 6.03 Å². The first-order chi connectivity index (χ1) is 12.4. The Morgan fingerprint density at radius 3 is 2.88 bits per heavy atom. The summed E-state index contributed by atoms with van der Waals surface area (Å²) in [7, 11) is 0. The molecule has 26 heavy (non-hydrogen) atoms. The van der Waals surface area contributed by atoms with E-state index in [9.17, 15) is 4.79 Å². The van der Waals surface area contributed by atoms with Crippen LogP contribution in [0.1, 0.15) is 51.3 Å². The molecule has 1 aliphatic rings. The summed E-state index contributed by atoms with van der Waals surface area (Å²) in [6.45, 7) is 6.89. The van der Waals surface area contributed by atoms with Crippen molar-refractivity contribution in [2.45, 2.75) is 45.1 Å². The van der Waals surface area contributed by atoms with Gasteiger partial charge in [0.2, 0.25) is 5.89 Å². The van der Waals surface area contributed by atoms with Crippen LogP contribution in [0.3, 0.4) is 0 Å². The number of hydrogen-bond acceptors (Lipinski definition) is 4. The molecule has 136 valence electrons. The molecule has 0 radical (unpaired) electrons. The predicted molar refractivity (Wildman–Crippen MR) is 99.1 cm³/mol. The molecule has 3 heterocycles. The van der Waals surface area contributed by atoms with E-state index < -0.39 is 0 Å². The number of fused-ring (bicyclic) bond motifs is 1. The highest BCUT2D eigenvalue weighted by Gasteiger charge is 2.32. The molecule has 0 bridgehead atoms. The lowest BCUT2D eigenvalue weighted by Crippen LogP contribution is -2.34. The highest BCUT2D eigenvalue weighted by Crippen LogP contribution is 2.33. The summed E-state index contributed by atoms with van der Waals surface area (Å²) in [6.07, 6.45) is 3.53. The number of furan rings is 1. The minimum Gasteiger partial charge on any atom is -0.467 e. The number of aromatic nitrogens is 1. The number of hydrogen-bond donors (Lipinski definition) is 1. The molecule has 0 saturated carbocycles. The molecule has 0 unspecified atom stereocenters. The first-order valence-corrected chi connectivity index (χ1v) is 8.94. The van der Waals surface area contributed by atoms with E-state index in [1.807, 2.05) is 35.2 Å². The lowest BCUT2D eigenvalue weighted by molar-refractivity contribution is 0.200. The maximum atomic E-state index is 12.8. The molecule has 0 spiro atoms. The number of nitrogens with one attached hydrogen (secondary N) is 1. The second-order valence-electron chi connectivity index (χ2n) is 7.75. The summed E-state index contributed by atoms with van der Waals surface area (Å²) in [5, 5.41) is 2.98. The molecular formula is C20H23N3O3. The van der Waals surface area contributed by atoms with Gasteiger partial charge in [0, 0.05) is 17.6 Å². The van der Waals surface area contributed by atoms with Crippen LogP contribution in [0, 0.1) is 0 Å². The molecule has 4 rings (SSSR count). The number of nitrogens with zero attached hydrogens (tertiary/aromatic N) is 2. The van der Waals surface area contributed by atoms with Gasteiger partial charge in [-0.15, -0.1) is 0 Å². The molecule has 1 aliphatic heterocycles. The quantitative estimate of drug-likeness (QED) is 0.697. The largest absolute Gasteiger partial charge is 0.467 e. The molecule has 2 aromatic heterocycles. The number of benzene rings is 1. The van der Waals surface area contributed by atoms with Crippen LogP contribution >= 0.6 is 0 Å². The second kappa shape index (κ2) is 6.20. The SMILES string of the molecule is CC(C)(C)c1nc2cc(NC(=O)N3CCC[C@H]3c3ccco3)ccc2o1. The lowest BCUT2D eigenvalue weighted by atomic mass is 9.97. The van der Waals surface area contributed by atoms with Crippen LogP contribution in [0.25, 0.3) is 11.1 Å². The van der Waals surface area contributed by atoms with Crippen molar-refractivity contribution < 1.29 is 13.6 Å². The number of likely N-dealkylation sites (tertiary alicyclic amines) is 1. The summed E-state index contributed by atoms with van der Waals surface area (Å²) in [5.74, 6) is 1.52. The van der Waals surface area contributed by atoms with Crippen LogP contribution in [-0.2, 0) is 5.41 Å². The van der Waals surface area contributed by atoms with Gasteiger partial charge in [-0.25, -0.2) is 9.78 Å². The molecule has 1 saturated heterocycles. The van der Waals surface area contributed by atoms with Crippen molar-refractivity contribution in [1.82, 2.24) is 9.88 Å². The Kier molecular flexibility index (Phi) is 3.98. The molecule has 0 aliphatic carbocycles. The summed E-state index contributed by atoms with van der Waals surface area (Å²) in [6, 6.07) is 9.19. The highest BCUT2D eigenvalue weighted by molar-refractivity contribution is 5.92. The summed E-state index contributed by atoms with van der Waals surface area (Å²) in [5.41, 5.74) is 2.02. The Morgan fingerprint density at radius 2 is 2.15 bits per heavy atom. The second-order valence-corrected chi connectivity index (χ2v) is 7.75. The van der Waals surface area contributed by atoms with Crippen molar-refractivity contribution in [2.24, 2.45) is 0 Å². The fraction of sp³-hybridized carbons (Fsp3) is 0.400. The predicted octanol–water partition coefficient (Wildman–Crippen LogP) is 5.09. The molecule has 1 fully saturated rings. The zero-order valence-electron chi connectivity index (χ0n) is 15.3. The average molecular weight is 353 g/mol. The van der Waals surface area contributed by atoms with E-state index in [1.165, 1.54) is 0 Å². The number of carbonyl (C=O) groups is 1. The first-order valence-electron chi connectivity index (χ1n) is 8.94. The summed E-state index contributed by atoms with van der Waals surface area (Å²) >= 11 is 0. The van der Waals surface area contributed by atoms with E-state index in [0.29, 0.717) is 11.6 Å². The number of oxazole rings is 1. The van der Waals surface area contributed by atoms with Crippen molar-refractivity contribution in [1.29, 1.82) is 0 Å². The first kappa shape index (κ1) is 16.7. The van der Waals surface area contributed by atoms with Crippen molar-refractivity contribution in [2.75, 3.05) is 11.9 Å². The summed E-state index contributed by atoms with van der Waals surface area (Å²) in [4.78, 5) is 19.1. The molecule has 2 amide bonds. The molecule has 1 atom stereocenters. The monoisotopic (exact) mass is 353 g/mol. The third-order valence-corrected chi connectivity index (χ3v) is 4.67. The van der Waals surface area contributed by atoms with Gasteiger partial charge in [-0.2, -0.15) is 0 Å². The van der Waals surface area contributed by atoms with E-state index in [1.54, 1.807) is 6.26 Å². The Balaban J connectivity index is 1.54. The van der Waals surface area contributed by atoms with Gasteiger partial charge in [-0.1, -0.05) is 20.8 Å². The van der Waals surface area contributed by atoms with Gasteiger partial charge in [-0.3, -0.25) is 0 Å². The smallest absolute Gasteiger partial charge is 0.322 e. The van der Waals surface area contributed by atoms with E-state index >= 15 is 0 Å². The number of anilines is 1. The molecule has 3 aromatic rings. The zero-order valence-corrected chi connectivity index (χ0v) is 15.3. The maximum Gasteiger partial charge on any atom is 0.322 e. The minimum atomic E-state index is -0.158. The molecular weight excluding hydrogens is 330 g/mol. The Morgan fingerprint density at radius 1 is 1.31 bits per heavy atom. The maximum absolute atomic E-state index is 12.8. The van der Waals surface area contributed by atoms with Crippen molar-refractivity contribution in [3.63, 3.8) is 0 Å². The van der Waals surface area contributed by atoms with E-state index in [-0.39, 0.29) is 17.5 Å². The lowest BCUT2D eigenvalue weighted by Gasteiger charge is -2.23. The Labute approximate surface area is 152 Å². The van der Waals surface area contributed by atoms with E-state index in [4.69, 9.17) is 8.83 Å². The zero-order chi connectivity index (χ0) is 18.3. The normalized spacial score (nSPS) is 17.8. The number of urea groups is 1. The van der Waals surface area contributed by atoms with Gasteiger partial charge in [0.25, 0.3) is 0 Å². The fourth-order valence-corrected chi connectivity index (χ4v) is 3.31. The van der Waals surface area contributed by atoms with Crippen LogP contribution in [0.4, 0.5) is 10.5 Å². The molecule has 6 heteroatoms. The van der Waals surface area contributed by atoms with Gasteiger partial charge in [0.05, 0.1) is 12.3 Å². The average Bonchev–Trinajstić information content (AvgIpc) is 3.32. The van der Waals surface area contributed by atoms with Gasteiger partial charge in [0.15, 0.2) is 5.58 Å². The summed E-state index contributed by atoms with van der Waals surface area (Å²) < 4.78 is 11.3. The van der Waals surface area contributed by atoms with Gasteiger partial charge in [0.1, 0.15) is 11.3 Å². The van der Waals surface area contributed by atoms with Crippen molar-refractivity contribution >= 4 is 22.8 Å². The number of amides is 2. The van der Waals surface area contributed by atoms with Gasteiger partial charge < -0.3 is 19.1 Å². The van der Waals surface area contributed by atoms with Crippen LogP contribution in [-0.4, -0.2) is 22.5 Å². The van der Waals surface area contributed by atoms with Crippen LogP contribution in [0.2, 0.25) is 0 Å². The van der Waals surface area contributed by atoms with Crippen molar-refractivity contribution in [3.05, 3.63) is 48.2 Å². The van der Waals surface area contributed by atoms with Crippen LogP contribution in [0.15, 0.2) is 45.4 Å². The van der Waals surface area contributed by atoms with E-state index in [0.717, 1.165) is 36.2 Å².